The molecule has 4 aromatic carbocycles. The van der Waals surface area contributed by atoms with Gasteiger partial charge < -0.3 is 15.0 Å². The second-order valence-corrected chi connectivity index (χ2v) is 14.0. The highest BCUT2D eigenvalue weighted by Gasteiger charge is 2.34. The first kappa shape index (κ1) is 35.0. The molecule has 0 fully saturated rings. The quantitative estimate of drug-likeness (QED) is 0.155. The summed E-state index contributed by atoms with van der Waals surface area (Å²) in [6.07, 6.45) is 0.944. The maximum Gasteiger partial charge on any atom is 0.264 e. The van der Waals surface area contributed by atoms with Crippen LogP contribution in [0.15, 0.2) is 106 Å². The highest BCUT2D eigenvalue weighted by atomic mass is 79.9. The lowest BCUT2D eigenvalue weighted by Crippen LogP contribution is -2.53. The third-order valence-electron chi connectivity index (χ3n) is 7.37. The molecule has 0 radical (unpaired) electrons. The van der Waals surface area contributed by atoms with Crippen LogP contribution in [0.5, 0.6) is 5.75 Å². The smallest absolute Gasteiger partial charge is 0.264 e. The lowest BCUT2D eigenvalue weighted by molar-refractivity contribution is -0.140. The van der Waals surface area contributed by atoms with E-state index in [-0.39, 0.29) is 34.5 Å². The van der Waals surface area contributed by atoms with Crippen molar-refractivity contribution in [2.24, 2.45) is 0 Å². The van der Waals surface area contributed by atoms with Gasteiger partial charge in [-0.25, -0.2) is 8.42 Å². The second kappa shape index (κ2) is 16.1. The van der Waals surface area contributed by atoms with Gasteiger partial charge in [0.15, 0.2) is 0 Å². The van der Waals surface area contributed by atoms with Crippen molar-refractivity contribution in [3.05, 3.63) is 123 Å². The Morgan fingerprint density at radius 1 is 0.935 bits per heavy atom. The average Bonchev–Trinajstić information content (AvgIpc) is 3.04. The highest BCUT2D eigenvalue weighted by Crippen LogP contribution is 2.32. The molecule has 1 N–H and O–H groups in total. The number of amides is 2. The van der Waals surface area contributed by atoms with Gasteiger partial charge >= 0.3 is 0 Å². The van der Waals surface area contributed by atoms with Gasteiger partial charge in [-0.15, -0.1) is 0 Å². The fraction of sp³-hybridized carbons (Fsp3) is 0.257. The molecule has 0 saturated heterocycles. The van der Waals surface area contributed by atoms with Gasteiger partial charge in [0.05, 0.1) is 22.7 Å². The topological polar surface area (TPSA) is 96.0 Å². The largest absolute Gasteiger partial charge is 0.495 e. The Morgan fingerprint density at radius 2 is 1.63 bits per heavy atom. The molecular weight excluding hydrogens is 690 g/mol. The van der Waals surface area contributed by atoms with E-state index >= 15 is 0 Å². The molecule has 0 heterocycles. The number of rotatable bonds is 14. The molecule has 0 aliphatic rings. The van der Waals surface area contributed by atoms with Gasteiger partial charge in [-0.2, -0.15) is 0 Å². The van der Waals surface area contributed by atoms with Gasteiger partial charge in [0.25, 0.3) is 10.0 Å². The Balaban J connectivity index is 1.82. The molecule has 1 atom stereocenters. The minimum absolute atomic E-state index is 0.0119. The summed E-state index contributed by atoms with van der Waals surface area (Å²) in [5.41, 5.74) is 2.69. The number of aryl methyl sites for hydroxylation is 1. The molecule has 0 spiro atoms. The van der Waals surface area contributed by atoms with Crippen molar-refractivity contribution in [1.82, 2.24) is 10.2 Å². The molecule has 0 saturated carbocycles. The number of benzene rings is 4. The number of nitrogens with zero attached hydrogens (tertiary/aromatic N) is 2. The Labute approximate surface area is 284 Å². The Bertz CT molecular complexity index is 1750. The molecule has 11 heteroatoms. The van der Waals surface area contributed by atoms with E-state index in [1.807, 2.05) is 68.4 Å². The summed E-state index contributed by atoms with van der Waals surface area (Å²) in [5.74, 6) is -0.527. The van der Waals surface area contributed by atoms with E-state index in [9.17, 15) is 18.0 Å². The van der Waals surface area contributed by atoms with E-state index in [0.717, 1.165) is 25.5 Å². The van der Waals surface area contributed by atoms with Crippen molar-refractivity contribution >= 4 is 55.1 Å². The highest BCUT2D eigenvalue weighted by molar-refractivity contribution is 9.10. The van der Waals surface area contributed by atoms with Gasteiger partial charge in [-0.05, 0) is 66.9 Å². The maximum absolute atomic E-state index is 14.5. The monoisotopic (exact) mass is 725 g/mol. The van der Waals surface area contributed by atoms with Crippen LogP contribution in [-0.2, 0) is 32.6 Å². The van der Waals surface area contributed by atoms with Crippen LogP contribution in [0.4, 0.5) is 5.69 Å². The molecule has 2 amide bonds. The van der Waals surface area contributed by atoms with Crippen molar-refractivity contribution < 1.29 is 22.7 Å². The summed E-state index contributed by atoms with van der Waals surface area (Å²) in [7, 11) is -2.80. The van der Waals surface area contributed by atoms with E-state index in [0.29, 0.717) is 18.7 Å². The molecule has 0 aliphatic heterocycles. The predicted octanol–water partition coefficient (Wildman–Crippen LogP) is 6.78. The fourth-order valence-electron chi connectivity index (χ4n) is 4.93. The minimum Gasteiger partial charge on any atom is -0.495 e. The molecule has 1 unspecified atom stereocenters. The van der Waals surface area contributed by atoms with Crippen LogP contribution in [0.2, 0.25) is 5.02 Å². The summed E-state index contributed by atoms with van der Waals surface area (Å²) in [4.78, 5) is 29.8. The molecule has 0 bridgehead atoms. The number of anilines is 1. The number of halogens is 2. The number of carbonyl (C=O) groups is 2. The molecule has 4 rings (SSSR count). The molecule has 8 nitrogen and oxygen atoms in total. The average molecular weight is 727 g/mol. The standard InChI is InChI=1S/C35H37BrClN3O5S/c1-4-19-38-35(42)32(21-26-9-6-5-7-10-26)39(23-27-11-8-12-28(36)20-27)34(41)24-40(29-15-18-33(45-3)31(37)22-29)46(43,44)30-16-13-25(2)14-17-30/h5-18,20,22,32H,4,19,21,23-24H2,1-3H3,(H,38,42). The number of carbonyl (C=O) groups excluding carboxylic acids is 2. The van der Waals surface area contributed by atoms with E-state index in [4.69, 9.17) is 16.3 Å². The van der Waals surface area contributed by atoms with E-state index in [2.05, 4.69) is 21.2 Å². The van der Waals surface area contributed by atoms with Crippen molar-refractivity contribution in [3.8, 4) is 5.75 Å². The lowest BCUT2D eigenvalue weighted by atomic mass is 10.0. The number of hydrogen-bond donors (Lipinski definition) is 1. The zero-order chi connectivity index (χ0) is 33.3. The molecule has 46 heavy (non-hydrogen) atoms. The SMILES string of the molecule is CCCNC(=O)C(Cc1ccccc1)N(Cc1cccc(Br)c1)C(=O)CN(c1ccc(OC)c(Cl)c1)S(=O)(=O)c1ccc(C)cc1. The molecule has 0 aliphatic carbocycles. The van der Waals surface area contributed by atoms with Gasteiger partial charge in [-0.3, -0.25) is 13.9 Å². The third-order valence-corrected chi connectivity index (χ3v) is 9.95. The van der Waals surface area contributed by atoms with Crippen molar-refractivity contribution in [3.63, 3.8) is 0 Å². The predicted molar refractivity (Wildman–Crippen MR) is 186 cm³/mol. The van der Waals surface area contributed by atoms with Crippen LogP contribution in [0.25, 0.3) is 0 Å². The normalized spacial score (nSPS) is 11.8. The van der Waals surface area contributed by atoms with Crippen LogP contribution in [-0.4, -0.2) is 51.4 Å². The third kappa shape index (κ3) is 8.90. The summed E-state index contributed by atoms with van der Waals surface area (Å²) in [5, 5.41) is 3.13. The summed E-state index contributed by atoms with van der Waals surface area (Å²) in [6.45, 7) is 3.72. The number of sulfonamides is 1. The zero-order valence-electron chi connectivity index (χ0n) is 26.0. The van der Waals surface area contributed by atoms with Crippen LogP contribution in [0.3, 0.4) is 0 Å². The van der Waals surface area contributed by atoms with Crippen LogP contribution in [0, 0.1) is 6.92 Å². The first-order valence-electron chi connectivity index (χ1n) is 14.8. The van der Waals surface area contributed by atoms with E-state index in [1.54, 1.807) is 18.2 Å². The first-order chi connectivity index (χ1) is 22.0. The maximum atomic E-state index is 14.5. The molecular formula is C35H37BrClN3O5S. The summed E-state index contributed by atoms with van der Waals surface area (Å²) < 4.78 is 35.5. The van der Waals surface area contributed by atoms with E-state index in [1.165, 1.54) is 36.3 Å². The Hall–Kier alpha value is -3.86. The number of ether oxygens (including phenoxy) is 1. The van der Waals surface area contributed by atoms with E-state index < -0.39 is 28.5 Å². The lowest BCUT2D eigenvalue weighted by Gasteiger charge is -2.34. The summed E-state index contributed by atoms with van der Waals surface area (Å²) in [6, 6.07) is 26.9. The van der Waals surface area contributed by atoms with Gasteiger partial charge in [-0.1, -0.05) is 94.6 Å². The number of methoxy groups -OCH3 is 1. The number of nitrogens with one attached hydrogen (secondary N) is 1. The molecule has 242 valence electrons. The Kier molecular flexibility index (Phi) is 12.3. The Morgan fingerprint density at radius 3 is 2.26 bits per heavy atom. The first-order valence-corrected chi connectivity index (χ1v) is 17.4. The second-order valence-electron chi connectivity index (χ2n) is 10.8. The zero-order valence-corrected chi connectivity index (χ0v) is 29.1. The van der Waals surface area contributed by atoms with Gasteiger partial charge in [0.1, 0.15) is 18.3 Å². The summed E-state index contributed by atoms with van der Waals surface area (Å²) >= 11 is 9.94. The van der Waals surface area contributed by atoms with Crippen LogP contribution < -0.4 is 14.4 Å². The van der Waals surface area contributed by atoms with Gasteiger partial charge in [0.2, 0.25) is 11.8 Å². The molecule has 0 aromatic heterocycles. The van der Waals surface area contributed by atoms with Crippen molar-refractivity contribution in [1.29, 1.82) is 0 Å². The van der Waals surface area contributed by atoms with Gasteiger partial charge in [0, 0.05) is 24.0 Å². The minimum atomic E-state index is -4.26. The molecule has 4 aromatic rings. The van der Waals surface area contributed by atoms with Crippen molar-refractivity contribution in [2.75, 3.05) is 24.5 Å². The fourth-order valence-corrected chi connectivity index (χ4v) is 7.03. The van der Waals surface area contributed by atoms with Crippen molar-refractivity contribution in [2.45, 2.75) is 44.2 Å². The number of hydrogen-bond acceptors (Lipinski definition) is 5. The van der Waals surface area contributed by atoms with Crippen LogP contribution >= 0.6 is 27.5 Å². The van der Waals surface area contributed by atoms with Crippen LogP contribution in [0.1, 0.15) is 30.0 Å².